The van der Waals surface area contributed by atoms with Crippen LogP contribution >= 0.6 is 0 Å². The molecule has 66 heavy (non-hydrogen) atoms. The van der Waals surface area contributed by atoms with Gasteiger partial charge in [-0.05, 0) is 96.3 Å². The molecule has 0 unspecified atom stereocenters. The summed E-state index contributed by atoms with van der Waals surface area (Å²) in [6.07, 6.45) is 68.8. The van der Waals surface area contributed by atoms with Crippen LogP contribution in [0.15, 0.2) is 72.9 Å². The predicted molar refractivity (Wildman–Crippen MR) is 284 cm³/mol. The SMILES string of the molecule is CCCCC/C=C\C/C=C\C/C=C\C/C=C\CCCCCC(=O)O[C@H](COC(=O)CCCCCCCCC/C=C\C/C=C\CCCCC)COC(=O)CCCCCCCCCCCCCC. The third kappa shape index (κ3) is 51.8. The zero-order valence-corrected chi connectivity index (χ0v) is 43.4. The Balaban J connectivity index is 4.44. The van der Waals surface area contributed by atoms with Crippen LogP contribution in [0.3, 0.4) is 0 Å². The highest BCUT2D eigenvalue weighted by Crippen LogP contribution is 2.15. The average Bonchev–Trinajstić information content (AvgIpc) is 3.31. The van der Waals surface area contributed by atoms with Crippen molar-refractivity contribution >= 4 is 17.9 Å². The van der Waals surface area contributed by atoms with Gasteiger partial charge >= 0.3 is 17.9 Å². The van der Waals surface area contributed by atoms with Gasteiger partial charge in [-0.2, -0.15) is 0 Å². The fraction of sp³-hybridized carbons (Fsp3) is 0.750. The molecule has 0 saturated carbocycles. The van der Waals surface area contributed by atoms with Gasteiger partial charge in [0.15, 0.2) is 6.10 Å². The quantitative estimate of drug-likeness (QED) is 0.0262. The van der Waals surface area contributed by atoms with Crippen molar-refractivity contribution in [3.8, 4) is 0 Å². The van der Waals surface area contributed by atoms with Gasteiger partial charge in [0.25, 0.3) is 0 Å². The Morgan fingerprint density at radius 2 is 0.545 bits per heavy atom. The summed E-state index contributed by atoms with van der Waals surface area (Å²) in [7, 11) is 0. The first-order chi connectivity index (χ1) is 32.5. The number of carbonyl (C=O) groups excluding carboxylic acids is 3. The Hall–Kier alpha value is -3.15. The lowest BCUT2D eigenvalue weighted by Crippen LogP contribution is -2.30. The van der Waals surface area contributed by atoms with Gasteiger partial charge < -0.3 is 14.2 Å². The Bertz CT molecular complexity index is 1240. The van der Waals surface area contributed by atoms with E-state index in [0.717, 1.165) is 96.3 Å². The van der Waals surface area contributed by atoms with Gasteiger partial charge in [0.1, 0.15) is 13.2 Å². The van der Waals surface area contributed by atoms with Crippen molar-refractivity contribution in [2.45, 2.75) is 277 Å². The molecule has 0 aromatic rings. The summed E-state index contributed by atoms with van der Waals surface area (Å²) >= 11 is 0. The van der Waals surface area contributed by atoms with Gasteiger partial charge in [0.05, 0.1) is 0 Å². The third-order valence-corrected chi connectivity index (χ3v) is 11.9. The molecular weight excluding hydrogens is 817 g/mol. The minimum atomic E-state index is -0.794. The second-order valence-corrected chi connectivity index (χ2v) is 18.5. The van der Waals surface area contributed by atoms with E-state index >= 15 is 0 Å². The molecule has 380 valence electrons. The first-order valence-electron chi connectivity index (χ1n) is 27.9. The highest BCUT2D eigenvalue weighted by molar-refractivity contribution is 5.71. The molecule has 0 N–H and O–H groups in total. The molecule has 0 saturated heterocycles. The molecule has 0 aromatic heterocycles. The van der Waals surface area contributed by atoms with Crippen molar-refractivity contribution in [2.24, 2.45) is 0 Å². The summed E-state index contributed by atoms with van der Waals surface area (Å²) in [4.78, 5) is 38.1. The standard InChI is InChI=1S/C60H104O6/c1-4-7-10-13-16-19-22-25-27-29-30-32-34-36-39-42-45-48-51-54-60(63)66-57(55-64-58(61)52-49-46-43-40-37-24-21-18-15-12-9-6-3)56-65-59(62)53-50-47-44-41-38-35-33-31-28-26-23-20-17-14-11-8-5-2/h16-17,19-20,25-28,30,32,36,39,57H,4-15,18,21-24,29,31,33-35,37-38,40-56H2,1-3H3/b19-16-,20-17-,27-25-,28-26-,32-30-,39-36-/t57-/m0/s1. The van der Waals surface area contributed by atoms with Crippen LogP contribution < -0.4 is 0 Å². The molecule has 0 radical (unpaired) electrons. The van der Waals surface area contributed by atoms with Crippen LogP contribution in [0.1, 0.15) is 271 Å². The van der Waals surface area contributed by atoms with E-state index < -0.39 is 6.10 Å². The minimum Gasteiger partial charge on any atom is -0.462 e. The summed E-state index contributed by atoms with van der Waals surface area (Å²) in [5, 5.41) is 0. The van der Waals surface area contributed by atoms with Crippen molar-refractivity contribution in [3.63, 3.8) is 0 Å². The molecule has 0 spiro atoms. The number of carbonyl (C=O) groups is 3. The predicted octanol–water partition coefficient (Wildman–Crippen LogP) is 18.6. The molecule has 0 fully saturated rings. The van der Waals surface area contributed by atoms with E-state index in [1.54, 1.807) is 0 Å². The van der Waals surface area contributed by atoms with Gasteiger partial charge in [-0.25, -0.2) is 0 Å². The van der Waals surface area contributed by atoms with Crippen LogP contribution in [0, 0.1) is 0 Å². The summed E-state index contributed by atoms with van der Waals surface area (Å²) in [6.45, 7) is 6.56. The van der Waals surface area contributed by atoms with E-state index in [0.29, 0.717) is 19.3 Å². The van der Waals surface area contributed by atoms with Crippen molar-refractivity contribution < 1.29 is 28.6 Å². The molecule has 0 bridgehead atoms. The number of unbranched alkanes of at least 4 members (excludes halogenated alkanes) is 27. The van der Waals surface area contributed by atoms with Gasteiger partial charge in [-0.1, -0.05) is 229 Å². The minimum absolute atomic E-state index is 0.0891. The number of allylic oxidation sites excluding steroid dienone is 12. The molecule has 0 aliphatic heterocycles. The Morgan fingerprint density at radius 1 is 0.303 bits per heavy atom. The largest absolute Gasteiger partial charge is 0.462 e. The molecular formula is C60H104O6. The molecule has 0 amide bonds. The topological polar surface area (TPSA) is 78.9 Å². The smallest absolute Gasteiger partial charge is 0.306 e. The van der Waals surface area contributed by atoms with Crippen molar-refractivity contribution in [2.75, 3.05) is 13.2 Å². The van der Waals surface area contributed by atoms with E-state index in [9.17, 15) is 14.4 Å². The summed E-state index contributed by atoms with van der Waals surface area (Å²) in [5.41, 5.74) is 0. The molecule has 0 aromatic carbocycles. The van der Waals surface area contributed by atoms with Crippen molar-refractivity contribution in [3.05, 3.63) is 72.9 Å². The third-order valence-electron chi connectivity index (χ3n) is 11.9. The lowest BCUT2D eigenvalue weighted by atomic mass is 10.0. The molecule has 0 aliphatic rings. The van der Waals surface area contributed by atoms with Crippen LogP contribution in [0.2, 0.25) is 0 Å². The first kappa shape index (κ1) is 62.8. The second-order valence-electron chi connectivity index (χ2n) is 18.5. The Kier molecular flexibility index (Phi) is 51.9. The first-order valence-corrected chi connectivity index (χ1v) is 27.9. The lowest BCUT2D eigenvalue weighted by Gasteiger charge is -2.18. The van der Waals surface area contributed by atoms with Gasteiger partial charge in [-0.3, -0.25) is 14.4 Å². The normalized spacial score (nSPS) is 12.6. The van der Waals surface area contributed by atoms with Crippen LogP contribution in [0.25, 0.3) is 0 Å². The maximum Gasteiger partial charge on any atom is 0.306 e. The van der Waals surface area contributed by atoms with Gasteiger partial charge in [-0.15, -0.1) is 0 Å². The monoisotopic (exact) mass is 921 g/mol. The zero-order valence-electron chi connectivity index (χ0n) is 43.4. The van der Waals surface area contributed by atoms with E-state index in [1.807, 2.05) is 0 Å². The molecule has 6 nitrogen and oxygen atoms in total. The fourth-order valence-corrected chi connectivity index (χ4v) is 7.69. The van der Waals surface area contributed by atoms with Crippen LogP contribution in [0.4, 0.5) is 0 Å². The second kappa shape index (κ2) is 54.5. The Labute approximate surface area is 408 Å². The fourth-order valence-electron chi connectivity index (χ4n) is 7.69. The maximum absolute atomic E-state index is 12.8. The number of hydrogen-bond acceptors (Lipinski definition) is 6. The summed E-state index contributed by atoms with van der Waals surface area (Å²) in [6, 6.07) is 0. The van der Waals surface area contributed by atoms with Gasteiger partial charge in [0, 0.05) is 19.3 Å². The summed E-state index contributed by atoms with van der Waals surface area (Å²) < 4.78 is 16.8. The average molecular weight is 921 g/mol. The molecule has 0 rings (SSSR count). The number of esters is 3. The molecule has 0 aliphatic carbocycles. The molecule has 6 heteroatoms. The van der Waals surface area contributed by atoms with E-state index in [2.05, 4.69) is 93.7 Å². The zero-order chi connectivity index (χ0) is 47.9. The van der Waals surface area contributed by atoms with Gasteiger partial charge in [0.2, 0.25) is 0 Å². The van der Waals surface area contributed by atoms with E-state index in [1.165, 1.54) is 135 Å². The maximum atomic E-state index is 12.8. The highest BCUT2D eigenvalue weighted by Gasteiger charge is 2.19. The van der Waals surface area contributed by atoms with Crippen molar-refractivity contribution in [1.82, 2.24) is 0 Å². The summed E-state index contributed by atoms with van der Waals surface area (Å²) in [5.74, 6) is -0.922. The van der Waals surface area contributed by atoms with E-state index in [4.69, 9.17) is 14.2 Å². The molecule has 1 atom stereocenters. The van der Waals surface area contributed by atoms with Crippen molar-refractivity contribution in [1.29, 1.82) is 0 Å². The molecule has 0 heterocycles. The van der Waals surface area contributed by atoms with Crippen LogP contribution in [0.5, 0.6) is 0 Å². The van der Waals surface area contributed by atoms with Crippen LogP contribution in [-0.4, -0.2) is 37.2 Å². The number of ether oxygens (including phenoxy) is 3. The lowest BCUT2D eigenvalue weighted by molar-refractivity contribution is -0.167. The number of rotatable bonds is 50. The Morgan fingerprint density at radius 3 is 0.894 bits per heavy atom. The number of hydrogen-bond donors (Lipinski definition) is 0. The highest BCUT2D eigenvalue weighted by atomic mass is 16.6. The van der Waals surface area contributed by atoms with E-state index in [-0.39, 0.29) is 31.1 Å². The van der Waals surface area contributed by atoms with Crippen LogP contribution in [-0.2, 0) is 28.6 Å².